The molecule has 0 aliphatic heterocycles. The number of unbranched alkanes of at least 4 members (excludes halogenated alkanes) is 4. The minimum Gasteiger partial charge on any atom is -0.497 e. The molecule has 1 atom stereocenters. The summed E-state index contributed by atoms with van der Waals surface area (Å²) < 4.78 is 16.9. The van der Waals surface area contributed by atoms with E-state index < -0.39 is 17.9 Å². The van der Waals surface area contributed by atoms with Crippen LogP contribution in [0.1, 0.15) is 60.5 Å². The number of rotatable bonds is 18. The molecule has 4 aromatic rings. The summed E-state index contributed by atoms with van der Waals surface area (Å²) in [4.78, 5) is 37.3. The zero-order chi connectivity index (χ0) is 33.4. The molecule has 0 aliphatic rings. The van der Waals surface area contributed by atoms with Crippen molar-refractivity contribution in [3.8, 4) is 23.0 Å². The lowest BCUT2D eigenvalue weighted by Crippen LogP contribution is -2.42. The second-order valence-electron chi connectivity index (χ2n) is 11.2. The molecule has 0 aliphatic carbocycles. The summed E-state index contributed by atoms with van der Waals surface area (Å²) in [5.74, 6) is 0.885. The molecule has 0 bridgehead atoms. The monoisotopic (exact) mass is 638 g/mol. The molecule has 0 radical (unpaired) electrons. The summed E-state index contributed by atoms with van der Waals surface area (Å²) in [5, 5.41) is 15.2. The van der Waals surface area contributed by atoms with Gasteiger partial charge >= 0.3 is 5.97 Å². The topological polar surface area (TPSA) is 123 Å². The highest BCUT2D eigenvalue weighted by atomic mass is 16.5. The summed E-state index contributed by atoms with van der Waals surface area (Å²) in [6.45, 7) is 2.90. The molecule has 0 aromatic heterocycles. The maximum Gasteiger partial charge on any atom is 0.326 e. The summed E-state index contributed by atoms with van der Waals surface area (Å²) >= 11 is 0. The third-order valence-electron chi connectivity index (χ3n) is 7.50. The van der Waals surface area contributed by atoms with Gasteiger partial charge in [0.2, 0.25) is 5.91 Å². The Morgan fingerprint density at radius 1 is 0.702 bits per heavy atom. The average molecular weight is 639 g/mol. The molecule has 2 amide bonds. The second-order valence-corrected chi connectivity index (χ2v) is 11.2. The lowest BCUT2D eigenvalue weighted by atomic mass is 10.0. The van der Waals surface area contributed by atoms with Crippen LogP contribution in [-0.2, 0) is 22.4 Å². The van der Waals surface area contributed by atoms with Crippen molar-refractivity contribution in [3.05, 3.63) is 114 Å². The van der Waals surface area contributed by atoms with E-state index in [-0.39, 0.29) is 24.3 Å². The Bertz CT molecular complexity index is 1570. The number of nitrogens with one attached hydrogen (secondary N) is 2. The summed E-state index contributed by atoms with van der Waals surface area (Å²) in [5.41, 5.74) is 2.36. The fraction of sp³-hybridized carbons (Fsp3) is 0.289. The van der Waals surface area contributed by atoms with Gasteiger partial charge in [-0.2, -0.15) is 0 Å². The van der Waals surface area contributed by atoms with Crippen LogP contribution in [0.4, 0.5) is 5.69 Å². The predicted molar refractivity (Wildman–Crippen MR) is 182 cm³/mol. The number of carboxylic acids is 1. The highest BCUT2D eigenvalue weighted by Crippen LogP contribution is 2.25. The standard InChI is InChI=1S/C38H42N2O7/c1-3-4-5-6-7-24-46-32-20-22-34(23-21-32)47-33-18-10-27(11-19-33)25-35(38(43)44)40-37(42)29-12-14-30(15-13-29)39-36(41)26-28-8-16-31(45-2)17-9-28/h8-23,35H,3-7,24-26H2,1-2H3,(H,39,41)(H,40,42)(H,43,44). The van der Waals surface area contributed by atoms with Crippen LogP contribution in [0.3, 0.4) is 0 Å². The van der Waals surface area contributed by atoms with Crippen LogP contribution in [0.5, 0.6) is 23.0 Å². The molecule has 0 spiro atoms. The van der Waals surface area contributed by atoms with Crippen molar-refractivity contribution in [2.45, 2.75) is 57.9 Å². The summed E-state index contributed by atoms with van der Waals surface area (Å²) in [6, 6.07) is 26.9. The van der Waals surface area contributed by atoms with E-state index in [9.17, 15) is 19.5 Å². The number of aliphatic carboxylic acids is 1. The van der Waals surface area contributed by atoms with E-state index in [1.54, 1.807) is 55.6 Å². The van der Waals surface area contributed by atoms with Gasteiger partial charge in [-0.15, -0.1) is 0 Å². The first-order valence-corrected chi connectivity index (χ1v) is 15.9. The van der Waals surface area contributed by atoms with E-state index in [4.69, 9.17) is 14.2 Å². The highest BCUT2D eigenvalue weighted by Gasteiger charge is 2.21. The quantitative estimate of drug-likeness (QED) is 0.0968. The second kappa shape index (κ2) is 18.0. The van der Waals surface area contributed by atoms with Crippen LogP contribution in [0.25, 0.3) is 0 Å². The van der Waals surface area contributed by atoms with Gasteiger partial charge in [0.1, 0.15) is 29.0 Å². The van der Waals surface area contributed by atoms with E-state index in [1.807, 2.05) is 36.4 Å². The minimum atomic E-state index is -1.15. The number of methoxy groups -OCH3 is 1. The maximum atomic E-state index is 12.9. The smallest absolute Gasteiger partial charge is 0.326 e. The molecular formula is C38H42N2O7. The first-order valence-electron chi connectivity index (χ1n) is 15.9. The van der Waals surface area contributed by atoms with Crippen LogP contribution in [0.2, 0.25) is 0 Å². The third kappa shape index (κ3) is 11.5. The molecule has 1 unspecified atom stereocenters. The molecule has 0 fully saturated rings. The SMILES string of the molecule is CCCCCCCOc1ccc(Oc2ccc(CC(NC(=O)c3ccc(NC(=O)Cc4ccc(OC)cc4)cc3)C(=O)O)cc2)cc1. The number of carboxylic acid groups (broad SMARTS) is 1. The minimum absolute atomic E-state index is 0.0886. The Balaban J connectivity index is 1.24. The zero-order valence-electron chi connectivity index (χ0n) is 26.9. The van der Waals surface area contributed by atoms with Crippen molar-refractivity contribution in [3.63, 3.8) is 0 Å². The van der Waals surface area contributed by atoms with Gasteiger partial charge in [-0.05, 0) is 90.3 Å². The normalized spacial score (nSPS) is 11.3. The van der Waals surface area contributed by atoms with Crippen LogP contribution in [0.15, 0.2) is 97.1 Å². The van der Waals surface area contributed by atoms with Gasteiger partial charge in [0, 0.05) is 17.7 Å². The molecule has 0 saturated carbocycles. The van der Waals surface area contributed by atoms with Gasteiger partial charge in [-0.25, -0.2) is 4.79 Å². The van der Waals surface area contributed by atoms with Crippen molar-refractivity contribution in [1.29, 1.82) is 0 Å². The largest absolute Gasteiger partial charge is 0.497 e. The fourth-order valence-corrected chi connectivity index (χ4v) is 4.85. The van der Waals surface area contributed by atoms with Crippen LogP contribution >= 0.6 is 0 Å². The third-order valence-corrected chi connectivity index (χ3v) is 7.50. The molecule has 0 heterocycles. The molecule has 3 N–H and O–H groups in total. The molecule has 4 rings (SSSR count). The zero-order valence-corrected chi connectivity index (χ0v) is 26.9. The first-order chi connectivity index (χ1) is 22.8. The molecule has 246 valence electrons. The number of hydrogen-bond donors (Lipinski definition) is 3. The Hall–Kier alpha value is -5.31. The van der Waals surface area contributed by atoms with Crippen molar-refractivity contribution in [1.82, 2.24) is 5.32 Å². The van der Waals surface area contributed by atoms with Crippen LogP contribution < -0.4 is 24.8 Å². The molecule has 9 heteroatoms. The van der Waals surface area contributed by atoms with Crippen molar-refractivity contribution in [2.24, 2.45) is 0 Å². The van der Waals surface area contributed by atoms with Crippen molar-refractivity contribution < 1.29 is 33.7 Å². The summed E-state index contributed by atoms with van der Waals surface area (Å²) in [6.07, 6.45) is 6.21. The van der Waals surface area contributed by atoms with Gasteiger partial charge in [-0.1, -0.05) is 56.9 Å². The molecule has 9 nitrogen and oxygen atoms in total. The van der Waals surface area contributed by atoms with Crippen molar-refractivity contribution in [2.75, 3.05) is 19.0 Å². The van der Waals surface area contributed by atoms with Gasteiger partial charge in [0.15, 0.2) is 0 Å². The number of carbonyl (C=O) groups excluding carboxylic acids is 2. The number of benzene rings is 4. The lowest BCUT2D eigenvalue weighted by molar-refractivity contribution is -0.139. The molecular weight excluding hydrogens is 596 g/mol. The Kier molecular flexibility index (Phi) is 13.2. The van der Waals surface area contributed by atoms with E-state index in [1.165, 1.54) is 37.8 Å². The number of amides is 2. The number of carbonyl (C=O) groups is 3. The molecule has 4 aromatic carbocycles. The first kappa shape index (κ1) is 34.6. The van der Waals surface area contributed by atoms with E-state index in [2.05, 4.69) is 17.6 Å². The predicted octanol–water partition coefficient (Wildman–Crippen LogP) is 7.44. The van der Waals surface area contributed by atoms with E-state index >= 15 is 0 Å². The van der Waals surface area contributed by atoms with Crippen LogP contribution in [0, 0.1) is 0 Å². The Labute approximate surface area is 275 Å². The lowest BCUT2D eigenvalue weighted by Gasteiger charge is -2.15. The Morgan fingerprint density at radius 2 is 1.28 bits per heavy atom. The fourth-order valence-electron chi connectivity index (χ4n) is 4.85. The number of ether oxygens (including phenoxy) is 3. The highest BCUT2D eigenvalue weighted by molar-refractivity contribution is 5.98. The van der Waals surface area contributed by atoms with Gasteiger partial charge in [0.05, 0.1) is 20.1 Å². The van der Waals surface area contributed by atoms with E-state index in [0.717, 1.165) is 23.3 Å². The number of hydrogen-bond acceptors (Lipinski definition) is 6. The van der Waals surface area contributed by atoms with E-state index in [0.29, 0.717) is 29.5 Å². The van der Waals surface area contributed by atoms with Crippen LogP contribution in [-0.4, -0.2) is 42.6 Å². The number of anilines is 1. The average Bonchev–Trinajstić information content (AvgIpc) is 3.08. The van der Waals surface area contributed by atoms with Gasteiger partial charge in [-0.3, -0.25) is 9.59 Å². The van der Waals surface area contributed by atoms with Gasteiger partial charge in [0.25, 0.3) is 5.91 Å². The van der Waals surface area contributed by atoms with Gasteiger partial charge < -0.3 is 30.0 Å². The maximum absolute atomic E-state index is 12.9. The molecule has 0 saturated heterocycles. The molecule has 47 heavy (non-hydrogen) atoms. The van der Waals surface area contributed by atoms with Crippen molar-refractivity contribution >= 4 is 23.5 Å². The Morgan fingerprint density at radius 3 is 1.89 bits per heavy atom. The summed E-state index contributed by atoms with van der Waals surface area (Å²) in [7, 11) is 1.58.